The minimum atomic E-state index is 0.820. The molecule has 1 heteroatoms. The van der Waals surface area contributed by atoms with Gasteiger partial charge >= 0.3 is 0 Å². The second kappa shape index (κ2) is 6.80. The van der Waals surface area contributed by atoms with Crippen LogP contribution in [0, 0.1) is 11.8 Å². The summed E-state index contributed by atoms with van der Waals surface area (Å²) in [6, 6.07) is 10.9. The Bertz CT molecular complexity index is 299. The Labute approximate surface area is 105 Å². The molecule has 0 saturated heterocycles. The van der Waals surface area contributed by atoms with Crippen LogP contribution >= 0.6 is 0 Å². The van der Waals surface area contributed by atoms with Gasteiger partial charge < -0.3 is 5.73 Å². The molecule has 0 amide bonds. The Morgan fingerprint density at radius 2 is 1.59 bits per heavy atom. The largest absolute Gasteiger partial charge is 0.330 e. The molecule has 0 aliphatic heterocycles. The molecular weight excluding hydrogens is 206 g/mol. The van der Waals surface area contributed by atoms with Gasteiger partial charge in [0.1, 0.15) is 0 Å². The molecule has 1 saturated carbocycles. The zero-order valence-electron chi connectivity index (χ0n) is 10.8. The third-order valence-electron chi connectivity index (χ3n) is 4.22. The molecule has 0 bridgehead atoms. The molecule has 2 N–H and O–H groups in total. The summed E-state index contributed by atoms with van der Waals surface area (Å²) in [6.07, 6.45) is 9.57. The summed E-state index contributed by atoms with van der Waals surface area (Å²) in [4.78, 5) is 0. The Kier molecular flexibility index (Phi) is 5.06. The number of hydrogen-bond acceptors (Lipinski definition) is 1. The van der Waals surface area contributed by atoms with Crippen molar-refractivity contribution < 1.29 is 0 Å². The van der Waals surface area contributed by atoms with Crippen LogP contribution < -0.4 is 5.73 Å². The first-order valence-electron chi connectivity index (χ1n) is 7.12. The average Bonchev–Trinajstić information content (AvgIpc) is 2.41. The van der Waals surface area contributed by atoms with Gasteiger partial charge in [-0.1, -0.05) is 49.6 Å². The van der Waals surface area contributed by atoms with Crippen molar-refractivity contribution in [1.29, 1.82) is 0 Å². The second-order valence-corrected chi connectivity index (χ2v) is 5.50. The molecule has 1 aliphatic rings. The van der Waals surface area contributed by atoms with E-state index in [1.165, 1.54) is 50.5 Å². The van der Waals surface area contributed by atoms with E-state index in [1.807, 2.05) is 0 Å². The first-order valence-corrected chi connectivity index (χ1v) is 7.12. The maximum absolute atomic E-state index is 5.72. The van der Waals surface area contributed by atoms with Crippen LogP contribution in [0.15, 0.2) is 30.3 Å². The van der Waals surface area contributed by atoms with Crippen LogP contribution in [-0.4, -0.2) is 6.54 Å². The van der Waals surface area contributed by atoms with E-state index in [2.05, 4.69) is 30.3 Å². The number of benzene rings is 1. The fraction of sp³-hybridized carbons (Fsp3) is 0.625. The summed E-state index contributed by atoms with van der Waals surface area (Å²) in [6.45, 7) is 0.900. The zero-order chi connectivity index (χ0) is 11.9. The topological polar surface area (TPSA) is 26.0 Å². The van der Waals surface area contributed by atoms with Gasteiger partial charge in [-0.2, -0.15) is 0 Å². The summed E-state index contributed by atoms with van der Waals surface area (Å²) >= 11 is 0. The lowest BCUT2D eigenvalue weighted by Gasteiger charge is -2.27. The van der Waals surface area contributed by atoms with Gasteiger partial charge in [0.2, 0.25) is 0 Å². The van der Waals surface area contributed by atoms with Crippen LogP contribution in [0.3, 0.4) is 0 Å². The Balaban J connectivity index is 1.63. The molecule has 1 fully saturated rings. The highest BCUT2D eigenvalue weighted by molar-refractivity contribution is 5.14. The minimum Gasteiger partial charge on any atom is -0.330 e. The fourth-order valence-corrected chi connectivity index (χ4v) is 3.00. The maximum atomic E-state index is 5.72. The van der Waals surface area contributed by atoms with Crippen molar-refractivity contribution >= 4 is 0 Å². The summed E-state index contributed by atoms with van der Waals surface area (Å²) in [5.41, 5.74) is 7.21. The van der Waals surface area contributed by atoms with E-state index >= 15 is 0 Å². The van der Waals surface area contributed by atoms with E-state index in [-0.39, 0.29) is 0 Å². The number of nitrogens with two attached hydrogens (primary N) is 1. The Hall–Kier alpha value is -0.820. The minimum absolute atomic E-state index is 0.820. The lowest BCUT2D eigenvalue weighted by molar-refractivity contribution is 0.264. The van der Waals surface area contributed by atoms with Crippen LogP contribution in [0.2, 0.25) is 0 Å². The quantitative estimate of drug-likeness (QED) is 0.820. The smallest absolute Gasteiger partial charge is 0.00489 e. The highest BCUT2D eigenvalue weighted by Crippen LogP contribution is 2.31. The van der Waals surface area contributed by atoms with Gasteiger partial charge in [-0.25, -0.2) is 0 Å². The van der Waals surface area contributed by atoms with Crippen molar-refractivity contribution in [2.75, 3.05) is 6.54 Å². The van der Waals surface area contributed by atoms with Gasteiger partial charge in [0, 0.05) is 0 Å². The van der Waals surface area contributed by atoms with Crippen LogP contribution in [0.4, 0.5) is 0 Å². The molecule has 1 aromatic rings. The van der Waals surface area contributed by atoms with Crippen molar-refractivity contribution in [2.45, 2.75) is 44.9 Å². The molecule has 1 aliphatic carbocycles. The first kappa shape index (κ1) is 12.6. The summed E-state index contributed by atoms with van der Waals surface area (Å²) < 4.78 is 0. The predicted octanol–water partition coefficient (Wildman–Crippen LogP) is 3.77. The lowest BCUT2D eigenvalue weighted by atomic mass is 9.80. The Morgan fingerprint density at radius 1 is 0.941 bits per heavy atom. The molecule has 0 aromatic heterocycles. The molecule has 0 spiro atoms. The molecule has 1 aromatic carbocycles. The molecule has 0 heterocycles. The van der Waals surface area contributed by atoms with Crippen LogP contribution in [-0.2, 0) is 6.42 Å². The lowest BCUT2D eigenvalue weighted by Crippen LogP contribution is -2.21. The summed E-state index contributed by atoms with van der Waals surface area (Å²) in [5.74, 6) is 1.79. The van der Waals surface area contributed by atoms with Crippen molar-refractivity contribution in [2.24, 2.45) is 17.6 Å². The molecule has 0 radical (unpaired) electrons. The van der Waals surface area contributed by atoms with Gasteiger partial charge in [-0.05, 0) is 49.6 Å². The third kappa shape index (κ3) is 4.16. The van der Waals surface area contributed by atoms with Crippen LogP contribution in [0.25, 0.3) is 0 Å². The molecule has 2 rings (SSSR count). The number of rotatable bonds is 5. The second-order valence-electron chi connectivity index (χ2n) is 5.50. The number of aryl methyl sites for hydroxylation is 1. The van der Waals surface area contributed by atoms with Crippen LogP contribution in [0.5, 0.6) is 0 Å². The third-order valence-corrected chi connectivity index (χ3v) is 4.22. The standard InChI is InChI=1S/C16H25N/c17-13-16-11-9-15(10-12-16)8-4-7-14-5-2-1-3-6-14/h1-3,5-6,15-16H,4,7-13,17H2. The van der Waals surface area contributed by atoms with E-state index in [0.717, 1.165) is 18.4 Å². The van der Waals surface area contributed by atoms with E-state index < -0.39 is 0 Å². The average molecular weight is 231 g/mol. The van der Waals surface area contributed by atoms with E-state index in [9.17, 15) is 0 Å². The normalized spacial score (nSPS) is 24.8. The highest BCUT2D eigenvalue weighted by atomic mass is 14.5. The fourth-order valence-electron chi connectivity index (χ4n) is 3.00. The van der Waals surface area contributed by atoms with Gasteiger partial charge in [-0.3, -0.25) is 0 Å². The predicted molar refractivity (Wildman–Crippen MR) is 73.9 cm³/mol. The number of hydrogen-bond donors (Lipinski definition) is 1. The van der Waals surface area contributed by atoms with Crippen LogP contribution in [0.1, 0.15) is 44.1 Å². The van der Waals surface area contributed by atoms with E-state index in [4.69, 9.17) is 5.73 Å². The SMILES string of the molecule is NCC1CCC(CCCc2ccccc2)CC1. The zero-order valence-corrected chi connectivity index (χ0v) is 10.8. The van der Waals surface area contributed by atoms with Crippen molar-refractivity contribution in [3.63, 3.8) is 0 Å². The van der Waals surface area contributed by atoms with Gasteiger partial charge in [-0.15, -0.1) is 0 Å². The highest BCUT2D eigenvalue weighted by Gasteiger charge is 2.19. The maximum Gasteiger partial charge on any atom is -0.00489 e. The first-order chi connectivity index (χ1) is 8.38. The van der Waals surface area contributed by atoms with Crippen molar-refractivity contribution in [3.05, 3.63) is 35.9 Å². The summed E-state index contributed by atoms with van der Waals surface area (Å²) in [7, 11) is 0. The van der Waals surface area contributed by atoms with Gasteiger partial charge in [0.05, 0.1) is 0 Å². The molecule has 17 heavy (non-hydrogen) atoms. The van der Waals surface area contributed by atoms with E-state index in [0.29, 0.717) is 0 Å². The van der Waals surface area contributed by atoms with Gasteiger partial charge in [0.25, 0.3) is 0 Å². The molecule has 0 unspecified atom stereocenters. The van der Waals surface area contributed by atoms with Crippen molar-refractivity contribution in [1.82, 2.24) is 0 Å². The molecule has 0 atom stereocenters. The monoisotopic (exact) mass is 231 g/mol. The van der Waals surface area contributed by atoms with Gasteiger partial charge in [0.15, 0.2) is 0 Å². The summed E-state index contributed by atoms with van der Waals surface area (Å²) in [5, 5.41) is 0. The Morgan fingerprint density at radius 3 is 2.24 bits per heavy atom. The molecule has 1 nitrogen and oxygen atoms in total. The van der Waals surface area contributed by atoms with E-state index in [1.54, 1.807) is 0 Å². The van der Waals surface area contributed by atoms with Crippen molar-refractivity contribution in [3.8, 4) is 0 Å². The molecular formula is C16H25N. The molecule has 94 valence electrons.